The number of carbonyl (C=O) groups excluding carboxylic acids is 4. The molecular weight excluding hydrogens is 805 g/mol. The van der Waals surface area contributed by atoms with Gasteiger partial charge in [-0.15, -0.1) is 0 Å². The minimum Gasteiger partial charge on any atom is -0.547 e. The number of carbonyl (C=O) groups is 5. The number of rotatable bonds is 20. The largest absolute Gasteiger partial charge is 1.00 e. The minimum absolute atomic E-state index is 0. The number of hydrogen-bond donors (Lipinski definition) is 9. The van der Waals surface area contributed by atoms with Crippen molar-refractivity contribution in [1.29, 1.82) is 0 Å². The zero-order valence-corrected chi connectivity index (χ0v) is 37.0. The molecule has 0 aromatic carbocycles. The van der Waals surface area contributed by atoms with Crippen molar-refractivity contribution in [3.8, 4) is 0 Å². The van der Waals surface area contributed by atoms with Crippen molar-refractivity contribution in [2.24, 2.45) is 17.8 Å². The number of aliphatic hydroxyl groups excluding tert-OH is 5. The van der Waals surface area contributed by atoms with Crippen LogP contribution in [0.5, 0.6) is 0 Å². The van der Waals surface area contributed by atoms with Crippen LogP contribution in [0.3, 0.4) is 0 Å². The van der Waals surface area contributed by atoms with Gasteiger partial charge in [-0.05, 0) is 44.4 Å². The predicted molar refractivity (Wildman–Crippen MR) is 200 cm³/mol. The van der Waals surface area contributed by atoms with E-state index in [1.807, 2.05) is 6.92 Å². The Bertz CT molecular complexity index is 1390. The monoisotopic (exact) mass is 869 g/mol. The van der Waals surface area contributed by atoms with Crippen molar-refractivity contribution in [3.05, 3.63) is 0 Å². The molecule has 60 heavy (non-hydrogen) atoms. The molecule has 2 saturated carbocycles. The molecule has 338 valence electrons. The maximum absolute atomic E-state index is 13.7. The van der Waals surface area contributed by atoms with Crippen LogP contribution in [0.1, 0.15) is 97.8 Å². The molecule has 15 atom stereocenters. The zero-order chi connectivity index (χ0) is 43.4. The molecule has 21 heteroatoms. The first kappa shape index (κ1) is 52.3. The van der Waals surface area contributed by atoms with Crippen molar-refractivity contribution in [2.45, 2.75) is 177 Å². The van der Waals surface area contributed by atoms with Gasteiger partial charge in [0.2, 0.25) is 17.7 Å². The molecule has 0 bridgehead atoms. The van der Waals surface area contributed by atoms with E-state index in [2.05, 4.69) is 16.0 Å². The third-order valence-corrected chi connectivity index (χ3v) is 11.9. The first-order valence-electron chi connectivity index (χ1n) is 20.9. The second-order valence-electron chi connectivity index (χ2n) is 16.3. The van der Waals surface area contributed by atoms with Gasteiger partial charge in [0.15, 0.2) is 12.6 Å². The maximum Gasteiger partial charge on any atom is 1.00 e. The van der Waals surface area contributed by atoms with E-state index in [1.54, 1.807) is 0 Å². The second-order valence-corrected chi connectivity index (χ2v) is 16.3. The van der Waals surface area contributed by atoms with Gasteiger partial charge in [-0.25, -0.2) is 0 Å². The van der Waals surface area contributed by atoms with Gasteiger partial charge in [0.05, 0.1) is 37.0 Å². The third-order valence-electron chi connectivity index (χ3n) is 11.9. The van der Waals surface area contributed by atoms with Gasteiger partial charge in [0, 0.05) is 38.8 Å². The third kappa shape index (κ3) is 14.8. The van der Waals surface area contributed by atoms with E-state index in [9.17, 15) is 54.6 Å². The molecule has 2 aliphatic heterocycles. The Balaban J connectivity index is 0.00000961. The number of aliphatic hydroxyl groups is 5. The summed E-state index contributed by atoms with van der Waals surface area (Å²) in [6.07, 6.45) is -11.5. The summed E-state index contributed by atoms with van der Waals surface area (Å²) in [6, 6.07) is -1.36. The van der Waals surface area contributed by atoms with Crippen molar-refractivity contribution >= 4 is 29.7 Å². The zero-order valence-electron chi connectivity index (χ0n) is 35.0. The molecule has 3 amide bonds. The van der Waals surface area contributed by atoms with Crippen molar-refractivity contribution in [2.75, 3.05) is 19.7 Å². The minimum atomic E-state index is -1.69. The van der Waals surface area contributed by atoms with Crippen molar-refractivity contribution in [3.63, 3.8) is 0 Å². The number of ether oxygens (including phenoxy) is 5. The predicted octanol–water partition coefficient (Wildman–Crippen LogP) is -5.43. The Kier molecular flexibility index (Phi) is 22.0. The maximum atomic E-state index is 13.7. The molecule has 0 aromatic rings. The summed E-state index contributed by atoms with van der Waals surface area (Å²) in [5.41, 5.74) is 0. The fourth-order valence-corrected chi connectivity index (χ4v) is 8.59. The standard InChI is InChI=1S/C39H65N3O17.Na/c1-4-22-16-23(36(52)41-14-13-40-27(45)11-8-12-28(46)47)17-24(34(22)59-39-33(51)32(50)30(48)19(2)55-39)57-38-29(42-20(3)44)35(31(49)26(18-43)58-38)56-25(37(53)54)15-21-9-6-5-7-10-21;/h19,21-26,29-35,38-39,43,48-51H,4-18H2,1-3H3,(H,40,45)(H,41,52)(H,42,44)(H,46,47)(H,53,54);/q;+1/p-1/t19?,22?,23?,24-,25+,26+,29?,30-,31+,32+,33?,34-,35?,38-,39+;/m1./s1. The van der Waals surface area contributed by atoms with Gasteiger partial charge in [0.25, 0.3) is 0 Å². The molecule has 2 aliphatic carbocycles. The number of hydrogen-bond acceptors (Lipinski definition) is 16. The van der Waals surface area contributed by atoms with Gasteiger partial charge in [-0.1, -0.05) is 45.4 Å². The van der Waals surface area contributed by atoms with Gasteiger partial charge in [0.1, 0.15) is 42.7 Å². The van der Waals surface area contributed by atoms with Gasteiger partial charge in [-0.3, -0.25) is 19.2 Å². The molecule has 0 aromatic heterocycles. The molecule has 6 unspecified atom stereocenters. The first-order valence-corrected chi connectivity index (χ1v) is 20.9. The molecule has 4 fully saturated rings. The van der Waals surface area contributed by atoms with Gasteiger partial charge >= 0.3 is 35.5 Å². The summed E-state index contributed by atoms with van der Waals surface area (Å²) in [5.74, 6) is -5.08. The SMILES string of the molecule is CCC1CC(C(=O)NCCNC(=O)CCCC(=O)O)C[C@@H](O[C@@H]2O[C@@H](CO)[C@H](O)C(O[C@@H](CC3CCCCC3)C(=O)[O-])C2NC(C)=O)[C@@H]1O[C@@H]1OC(C)[C@@H](O)[C@H](O)C1O.[Na+]. The molecular formula is C39H64N3NaO17. The molecule has 2 heterocycles. The number of aliphatic carboxylic acids is 2. The van der Waals surface area contributed by atoms with E-state index in [-0.39, 0.29) is 93.0 Å². The van der Waals surface area contributed by atoms with Crippen LogP contribution < -0.4 is 50.6 Å². The molecule has 4 rings (SSSR count). The summed E-state index contributed by atoms with van der Waals surface area (Å²) in [7, 11) is 0. The van der Waals surface area contributed by atoms with Crippen LogP contribution in [0.15, 0.2) is 0 Å². The normalized spacial score (nSPS) is 35.3. The number of carboxylic acids is 2. The molecule has 9 N–H and O–H groups in total. The number of nitrogens with one attached hydrogen (secondary N) is 3. The van der Waals surface area contributed by atoms with Crippen LogP contribution in [0.25, 0.3) is 0 Å². The van der Waals surface area contributed by atoms with E-state index in [0.29, 0.717) is 6.42 Å². The van der Waals surface area contributed by atoms with Crippen molar-refractivity contribution in [1.82, 2.24) is 16.0 Å². The number of amides is 3. The topological polar surface area (TPSA) is 312 Å². The van der Waals surface area contributed by atoms with Crippen molar-refractivity contribution < 1.29 is 113 Å². The molecule has 20 nitrogen and oxygen atoms in total. The van der Waals surface area contributed by atoms with Crippen LogP contribution >= 0.6 is 0 Å². The van der Waals surface area contributed by atoms with Gasteiger partial charge in [-0.2, -0.15) is 0 Å². The van der Waals surface area contributed by atoms with Crippen LogP contribution in [-0.2, 0) is 47.7 Å². The Morgan fingerprint density at radius 1 is 0.850 bits per heavy atom. The summed E-state index contributed by atoms with van der Waals surface area (Å²) in [5, 5.41) is 82.8. The first-order chi connectivity index (χ1) is 28.0. The van der Waals surface area contributed by atoms with E-state index in [1.165, 1.54) is 13.8 Å². The Morgan fingerprint density at radius 3 is 2.15 bits per heavy atom. The van der Waals surface area contributed by atoms with Crippen LogP contribution in [0, 0.1) is 17.8 Å². The molecule has 0 spiro atoms. The quantitative estimate of drug-likeness (QED) is 0.0407. The van der Waals surface area contributed by atoms with E-state index in [0.717, 1.165) is 32.1 Å². The Morgan fingerprint density at radius 2 is 1.53 bits per heavy atom. The van der Waals surface area contributed by atoms with Crippen LogP contribution in [0.4, 0.5) is 0 Å². The molecule has 4 aliphatic rings. The van der Waals surface area contributed by atoms with Gasteiger partial charge < -0.3 is 80.2 Å². The fraction of sp³-hybridized carbons (Fsp3) is 0.872. The Hall–Kier alpha value is -2.05. The van der Waals surface area contributed by atoms with E-state index in [4.69, 9.17) is 28.8 Å². The summed E-state index contributed by atoms with van der Waals surface area (Å²) in [4.78, 5) is 61.6. The summed E-state index contributed by atoms with van der Waals surface area (Å²) in [6.45, 7) is 3.89. The molecule has 0 radical (unpaired) electrons. The smallest absolute Gasteiger partial charge is 0.547 e. The van der Waals surface area contributed by atoms with E-state index < -0.39 is 122 Å². The average molecular weight is 870 g/mol. The van der Waals surface area contributed by atoms with Crippen LogP contribution in [0.2, 0.25) is 0 Å². The fourth-order valence-electron chi connectivity index (χ4n) is 8.59. The second kappa shape index (κ2) is 25.3. The number of carboxylic acid groups (broad SMARTS) is 2. The summed E-state index contributed by atoms with van der Waals surface area (Å²) >= 11 is 0. The Labute approximate surface area is 372 Å². The average Bonchev–Trinajstić information content (AvgIpc) is 3.19. The summed E-state index contributed by atoms with van der Waals surface area (Å²) < 4.78 is 30.8. The van der Waals surface area contributed by atoms with E-state index >= 15 is 0 Å². The molecule has 2 saturated heterocycles. The van der Waals surface area contributed by atoms with Crippen LogP contribution in [-0.4, -0.2) is 160 Å².